The van der Waals surface area contributed by atoms with Gasteiger partial charge in [0.05, 0.1) is 5.56 Å². The minimum atomic E-state index is -0.565. The molecular weight excluding hydrogens is 404 g/mol. The molecule has 0 amide bonds. The zero-order chi connectivity index (χ0) is 22.8. The van der Waals surface area contributed by atoms with Crippen molar-refractivity contribution < 1.29 is 38.1 Å². The quantitative estimate of drug-likeness (QED) is 0.245. The van der Waals surface area contributed by atoms with Crippen LogP contribution in [0.2, 0.25) is 0 Å². The van der Waals surface area contributed by atoms with Crippen LogP contribution >= 0.6 is 0 Å². The molecule has 0 fully saturated rings. The molecule has 0 aromatic heterocycles. The average Bonchev–Trinajstić information content (AvgIpc) is 2.75. The van der Waals surface area contributed by atoms with Crippen LogP contribution < -0.4 is 14.2 Å². The van der Waals surface area contributed by atoms with Crippen LogP contribution in [0.3, 0.4) is 0 Å². The fourth-order valence-electron chi connectivity index (χ4n) is 2.01. The first kappa shape index (κ1) is 23.2. The van der Waals surface area contributed by atoms with Gasteiger partial charge in [-0.1, -0.05) is 13.2 Å². The van der Waals surface area contributed by atoms with Crippen LogP contribution in [0.25, 0.3) is 0 Å². The Balaban J connectivity index is 1.81. The molecule has 2 aromatic carbocycles. The van der Waals surface area contributed by atoms with Crippen LogP contribution in [0.4, 0.5) is 0 Å². The number of esters is 3. The second-order valence-electron chi connectivity index (χ2n) is 6.33. The van der Waals surface area contributed by atoms with Gasteiger partial charge in [0.2, 0.25) is 13.6 Å². The Morgan fingerprint density at radius 1 is 0.677 bits per heavy atom. The number of hydrogen-bond donors (Lipinski definition) is 0. The second-order valence-corrected chi connectivity index (χ2v) is 6.33. The summed E-state index contributed by atoms with van der Waals surface area (Å²) < 4.78 is 25.5. The number of carbonyl (C=O) groups is 3. The number of carbonyl (C=O) groups excluding carboxylic acids is 3. The Morgan fingerprint density at radius 2 is 1.06 bits per heavy atom. The highest BCUT2D eigenvalue weighted by Crippen LogP contribution is 2.20. The van der Waals surface area contributed by atoms with Crippen molar-refractivity contribution in [3.8, 4) is 17.2 Å². The van der Waals surface area contributed by atoms with Crippen molar-refractivity contribution >= 4 is 17.9 Å². The largest absolute Gasteiger partial charge is 0.457 e. The first-order valence-corrected chi connectivity index (χ1v) is 9.09. The number of ether oxygens (including phenoxy) is 5. The van der Waals surface area contributed by atoms with Gasteiger partial charge in [-0.2, -0.15) is 0 Å². The Hall–Kier alpha value is -4.07. The first-order valence-electron chi connectivity index (χ1n) is 9.09. The molecule has 2 rings (SSSR count). The molecule has 31 heavy (non-hydrogen) atoms. The molecule has 0 bridgehead atoms. The fourth-order valence-corrected chi connectivity index (χ4v) is 2.01. The maximum Gasteiger partial charge on any atom is 0.343 e. The van der Waals surface area contributed by atoms with Gasteiger partial charge in [0.15, 0.2) is 0 Å². The van der Waals surface area contributed by atoms with E-state index in [1.807, 2.05) is 0 Å². The molecule has 2 aromatic rings. The van der Waals surface area contributed by atoms with E-state index in [1.165, 1.54) is 26.0 Å². The summed E-state index contributed by atoms with van der Waals surface area (Å²) >= 11 is 0. The first-order chi connectivity index (χ1) is 14.8. The van der Waals surface area contributed by atoms with Crippen LogP contribution in [0.5, 0.6) is 17.2 Å². The van der Waals surface area contributed by atoms with Crippen LogP contribution in [0, 0.1) is 0 Å². The van der Waals surface area contributed by atoms with Crippen LogP contribution in [0.1, 0.15) is 24.2 Å². The molecule has 0 heterocycles. The molecule has 0 saturated carbocycles. The van der Waals surface area contributed by atoms with Gasteiger partial charge >= 0.3 is 17.9 Å². The fraction of sp³-hybridized carbons (Fsp3) is 0.174. The van der Waals surface area contributed by atoms with Crippen molar-refractivity contribution in [1.29, 1.82) is 0 Å². The average molecular weight is 426 g/mol. The summed E-state index contributed by atoms with van der Waals surface area (Å²) in [6.07, 6.45) is 0. The third-order valence-electron chi connectivity index (χ3n) is 3.65. The summed E-state index contributed by atoms with van der Waals surface area (Å²) in [5, 5.41) is 0. The molecule has 8 heteroatoms. The SMILES string of the molecule is C=C(C)C(=O)OCOc1ccc(OC(=O)c2ccc(OCOC(=O)C(=C)C)cc2)cc1. The van der Waals surface area contributed by atoms with Gasteiger partial charge in [-0.05, 0) is 62.4 Å². The van der Waals surface area contributed by atoms with Crippen LogP contribution in [0.15, 0.2) is 72.8 Å². The lowest BCUT2D eigenvalue weighted by molar-refractivity contribution is -0.146. The van der Waals surface area contributed by atoms with E-state index < -0.39 is 17.9 Å². The van der Waals surface area contributed by atoms with Gasteiger partial charge in [0.25, 0.3) is 0 Å². The second kappa shape index (κ2) is 11.2. The third kappa shape index (κ3) is 7.69. The zero-order valence-electron chi connectivity index (χ0n) is 17.2. The Bertz CT molecular complexity index is 958. The molecule has 0 aliphatic heterocycles. The molecule has 8 nitrogen and oxygen atoms in total. The number of rotatable bonds is 10. The lowest BCUT2D eigenvalue weighted by Gasteiger charge is -2.09. The molecule has 0 unspecified atom stereocenters. The Morgan fingerprint density at radius 3 is 1.48 bits per heavy atom. The van der Waals surface area contributed by atoms with Crippen LogP contribution in [-0.2, 0) is 19.1 Å². The minimum absolute atomic E-state index is 0.258. The summed E-state index contributed by atoms with van der Waals surface area (Å²) in [5.41, 5.74) is 0.850. The van der Waals surface area contributed by atoms with Crippen LogP contribution in [-0.4, -0.2) is 31.5 Å². The zero-order valence-corrected chi connectivity index (χ0v) is 17.2. The predicted octanol–water partition coefficient (Wildman–Crippen LogP) is 3.82. The van der Waals surface area contributed by atoms with Gasteiger partial charge in [-0.25, -0.2) is 14.4 Å². The minimum Gasteiger partial charge on any atom is -0.457 e. The lowest BCUT2D eigenvalue weighted by Crippen LogP contribution is -2.11. The monoisotopic (exact) mass is 426 g/mol. The lowest BCUT2D eigenvalue weighted by atomic mass is 10.2. The van der Waals surface area contributed by atoms with Crippen molar-refractivity contribution in [1.82, 2.24) is 0 Å². The van der Waals surface area contributed by atoms with E-state index in [1.54, 1.807) is 36.4 Å². The van der Waals surface area contributed by atoms with E-state index in [0.717, 1.165) is 0 Å². The van der Waals surface area contributed by atoms with E-state index in [-0.39, 0.29) is 24.7 Å². The molecule has 0 atom stereocenters. The third-order valence-corrected chi connectivity index (χ3v) is 3.65. The Kier molecular flexibility index (Phi) is 8.39. The molecule has 0 saturated heterocycles. The molecule has 0 spiro atoms. The molecule has 0 aliphatic rings. The molecule has 0 aliphatic carbocycles. The number of benzene rings is 2. The Labute approximate surface area is 179 Å². The normalized spacial score (nSPS) is 9.87. The van der Waals surface area contributed by atoms with Gasteiger partial charge in [0.1, 0.15) is 17.2 Å². The molecule has 162 valence electrons. The van der Waals surface area contributed by atoms with Crippen molar-refractivity contribution in [3.63, 3.8) is 0 Å². The summed E-state index contributed by atoms with van der Waals surface area (Å²) in [5.74, 6) is -0.505. The highest BCUT2D eigenvalue weighted by Gasteiger charge is 2.10. The maximum atomic E-state index is 12.3. The van der Waals surface area contributed by atoms with Gasteiger partial charge in [-0.3, -0.25) is 0 Å². The van der Waals surface area contributed by atoms with E-state index >= 15 is 0 Å². The van der Waals surface area contributed by atoms with Crippen molar-refractivity contribution in [2.45, 2.75) is 13.8 Å². The van der Waals surface area contributed by atoms with Gasteiger partial charge in [0, 0.05) is 11.1 Å². The van der Waals surface area contributed by atoms with Crippen molar-refractivity contribution in [2.24, 2.45) is 0 Å². The van der Waals surface area contributed by atoms with E-state index in [9.17, 15) is 14.4 Å². The highest BCUT2D eigenvalue weighted by molar-refractivity contribution is 5.91. The topological polar surface area (TPSA) is 97.4 Å². The number of hydrogen-bond acceptors (Lipinski definition) is 8. The summed E-state index contributed by atoms with van der Waals surface area (Å²) in [7, 11) is 0. The van der Waals surface area contributed by atoms with E-state index in [4.69, 9.17) is 23.7 Å². The summed E-state index contributed by atoms with van der Waals surface area (Å²) in [6.45, 7) is 9.48. The maximum absolute atomic E-state index is 12.3. The highest BCUT2D eigenvalue weighted by atomic mass is 16.7. The summed E-state index contributed by atoms with van der Waals surface area (Å²) in [6, 6.07) is 12.4. The smallest absolute Gasteiger partial charge is 0.343 e. The van der Waals surface area contributed by atoms with E-state index in [2.05, 4.69) is 13.2 Å². The van der Waals surface area contributed by atoms with Crippen molar-refractivity contribution in [3.05, 3.63) is 78.4 Å². The van der Waals surface area contributed by atoms with Gasteiger partial charge in [-0.15, -0.1) is 0 Å². The summed E-state index contributed by atoms with van der Waals surface area (Å²) in [4.78, 5) is 34.8. The van der Waals surface area contributed by atoms with Crippen molar-refractivity contribution in [2.75, 3.05) is 13.6 Å². The molecule has 0 radical (unpaired) electrons. The van der Waals surface area contributed by atoms with Gasteiger partial charge < -0.3 is 23.7 Å². The standard InChI is InChI=1S/C23H22O8/c1-15(2)21(24)29-13-27-18-7-5-17(6-8-18)23(26)31-20-11-9-19(10-12-20)28-14-30-22(25)16(3)4/h5-12H,1,3,13-14H2,2,4H3. The molecule has 0 N–H and O–H groups in total. The van der Waals surface area contributed by atoms with E-state index in [0.29, 0.717) is 22.8 Å². The molecular formula is C23H22O8. The predicted molar refractivity (Wildman–Crippen MR) is 111 cm³/mol.